The van der Waals surface area contributed by atoms with E-state index in [1.807, 2.05) is 48.5 Å². The van der Waals surface area contributed by atoms with Crippen molar-refractivity contribution in [3.63, 3.8) is 0 Å². The average Bonchev–Trinajstić information content (AvgIpc) is 3.40. The van der Waals surface area contributed by atoms with Crippen LogP contribution in [0, 0.1) is 0 Å². The van der Waals surface area contributed by atoms with Crippen molar-refractivity contribution < 1.29 is 19.0 Å². The second kappa shape index (κ2) is 9.98. The Hall–Kier alpha value is -3.53. The van der Waals surface area contributed by atoms with E-state index >= 15 is 0 Å². The number of carbonyl (C=O) groups is 1. The molecule has 0 aliphatic rings. The van der Waals surface area contributed by atoms with E-state index < -0.39 is 0 Å². The Morgan fingerprint density at radius 1 is 1.10 bits per heavy atom. The lowest BCUT2D eigenvalue weighted by Gasteiger charge is -2.08. The van der Waals surface area contributed by atoms with E-state index in [0.717, 1.165) is 10.2 Å². The third-order valence-electron chi connectivity index (χ3n) is 4.34. The van der Waals surface area contributed by atoms with Gasteiger partial charge in [0.2, 0.25) is 0 Å². The molecular weight excluding hydrogens is 418 g/mol. The number of carbonyl (C=O) groups excluding carboxylic acids is 1. The van der Waals surface area contributed by atoms with E-state index in [4.69, 9.17) is 14.2 Å². The molecule has 0 spiro atoms. The second-order valence-electron chi connectivity index (χ2n) is 6.49. The van der Waals surface area contributed by atoms with Crippen LogP contribution in [0.5, 0.6) is 16.7 Å². The molecule has 0 aliphatic heterocycles. The van der Waals surface area contributed by atoms with Gasteiger partial charge in [0.05, 0.1) is 29.8 Å². The number of fused-ring (bicyclic) bond motifs is 1. The Bertz CT molecular complexity index is 1110. The molecule has 9 nitrogen and oxygen atoms in total. The molecule has 31 heavy (non-hydrogen) atoms. The van der Waals surface area contributed by atoms with Gasteiger partial charge < -0.3 is 14.2 Å². The van der Waals surface area contributed by atoms with Crippen molar-refractivity contribution in [3.8, 4) is 16.7 Å². The molecule has 2 aromatic heterocycles. The fraction of sp³-hybridized carbons (Fsp3) is 0.286. The van der Waals surface area contributed by atoms with Crippen LogP contribution in [0.25, 0.3) is 10.2 Å². The predicted molar refractivity (Wildman–Crippen MR) is 114 cm³/mol. The van der Waals surface area contributed by atoms with Gasteiger partial charge in [0.1, 0.15) is 18.1 Å². The monoisotopic (exact) mass is 439 g/mol. The number of esters is 1. The molecule has 0 amide bonds. The van der Waals surface area contributed by atoms with Gasteiger partial charge in [-0.25, -0.2) is 9.67 Å². The summed E-state index contributed by atoms with van der Waals surface area (Å²) in [5.41, 5.74) is 0.923. The maximum Gasteiger partial charge on any atom is 0.306 e. The highest BCUT2D eigenvalue weighted by atomic mass is 32.1. The Balaban J connectivity index is 1.26. The first kappa shape index (κ1) is 20.7. The van der Waals surface area contributed by atoms with Gasteiger partial charge in [-0.3, -0.25) is 4.79 Å². The quantitative estimate of drug-likeness (QED) is 0.345. The van der Waals surface area contributed by atoms with Crippen molar-refractivity contribution in [2.75, 3.05) is 13.2 Å². The van der Waals surface area contributed by atoms with Crippen molar-refractivity contribution in [3.05, 3.63) is 54.4 Å². The molecular formula is C21H21N5O4S. The smallest absolute Gasteiger partial charge is 0.306 e. The maximum absolute atomic E-state index is 11.5. The Morgan fingerprint density at radius 2 is 1.90 bits per heavy atom. The first-order valence-corrected chi connectivity index (χ1v) is 10.7. The molecule has 160 valence electrons. The van der Waals surface area contributed by atoms with E-state index in [9.17, 15) is 4.79 Å². The molecule has 0 bridgehead atoms. The van der Waals surface area contributed by atoms with Crippen LogP contribution in [0.3, 0.4) is 0 Å². The van der Waals surface area contributed by atoms with Crippen molar-refractivity contribution in [1.82, 2.24) is 25.2 Å². The fourth-order valence-corrected chi connectivity index (χ4v) is 3.71. The lowest BCUT2D eigenvalue weighted by atomic mass is 10.3. The number of thiazole rings is 1. The molecule has 4 rings (SSSR count). The van der Waals surface area contributed by atoms with Crippen molar-refractivity contribution in [2.24, 2.45) is 0 Å². The summed E-state index contributed by atoms with van der Waals surface area (Å²) in [4.78, 5) is 16.0. The summed E-state index contributed by atoms with van der Waals surface area (Å²) in [6.07, 6.45) is 0.662. The first-order chi connectivity index (χ1) is 15.2. The minimum absolute atomic E-state index is 0.241. The Morgan fingerprint density at radius 3 is 2.71 bits per heavy atom. The van der Waals surface area contributed by atoms with E-state index in [-0.39, 0.29) is 12.4 Å². The summed E-state index contributed by atoms with van der Waals surface area (Å²) in [5.74, 6) is 1.75. The highest BCUT2D eigenvalue weighted by molar-refractivity contribution is 7.20. The third-order valence-corrected chi connectivity index (χ3v) is 5.25. The number of nitrogens with zero attached hydrogens (tertiary/aromatic N) is 5. The summed E-state index contributed by atoms with van der Waals surface area (Å²) in [6.45, 7) is 2.99. The number of aryl methyl sites for hydroxylation is 1. The molecule has 0 atom stereocenters. The molecule has 10 heteroatoms. The molecule has 0 unspecified atom stereocenters. The molecule has 0 saturated carbocycles. The zero-order valence-corrected chi connectivity index (χ0v) is 17.7. The van der Waals surface area contributed by atoms with Crippen LogP contribution in [0.4, 0.5) is 0 Å². The zero-order valence-electron chi connectivity index (χ0n) is 16.9. The molecule has 0 radical (unpaired) electrons. The standard InChI is InChI=1S/C21H21N5O4S/c1-2-28-20(27)12-11-19-23-24-25-26(19)13-14-29-15-7-9-16(10-8-15)30-21-22-17-5-3-4-6-18(17)31-21/h3-10H,2,11-14H2,1H3. The topological polar surface area (TPSA) is 101 Å². The second-order valence-corrected chi connectivity index (χ2v) is 7.49. The fourth-order valence-electron chi connectivity index (χ4n) is 2.87. The molecule has 0 N–H and O–H groups in total. The van der Waals surface area contributed by atoms with Gasteiger partial charge in [-0.1, -0.05) is 23.5 Å². The number of hydrogen-bond acceptors (Lipinski definition) is 9. The summed E-state index contributed by atoms with van der Waals surface area (Å²) in [5, 5.41) is 12.2. The van der Waals surface area contributed by atoms with Gasteiger partial charge in [0.15, 0.2) is 5.82 Å². The number of ether oxygens (including phenoxy) is 3. The SMILES string of the molecule is CCOC(=O)CCc1nnnn1CCOc1ccc(Oc2nc3ccccc3s2)cc1. The third kappa shape index (κ3) is 5.54. The molecule has 2 heterocycles. The molecule has 0 saturated heterocycles. The predicted octanol–water partition coefficient (Wildman–Crippen LogP) is 3.65. The molecule has 0 aliphatic carbocycles. The Labute approximate surface area is 182 Å². The molecule has 2 aromatic carbocycles. The average molecular weight is 439 g/mol. The van der Waals surface area contributed by atoms with Gasteiger partial charge in [0, 0.05) is 6.42 Å². The number of rotatable bonds is 10. The van der Waals surface area contributed by atoms with Crippen molar-refractivity contribution in [1.29, 1.82) is 0 Å². The summed E-state index contributed by atoms with van der Waals surface area (Å²) in [7, 11) is 0. The number of hydrogen-bond donors (Lipinski definition) is 0. The van der Waals surface area contributed by atoms with Crippen molar-refractivity contribution >= 4 is 27.5 Å². The van der Waals surface area contributed by atoms with Crippen LogP contribution in [0.2, 0.25) is 0 Å². The van der Waals surface area contributed by atoms with Gasteiger partial charge in [-0.15, -0.1) is 5.10 Å². The normalized spacial score (nSPS) is 10.9. The molecule has 4 aromatic rings. The lowest BCUT2D eigenvalue weighted by Crippen LogP contribution is -2.14. The van der Waals surface area contributed by atoms with Crippen LogP contribution in [-0.4, -0.2) is 44.4 Å². The van der Waals surface area contributed by atoms with Crippen LogP contribution >= 0.6 is 11.3 Å². The van der Waals surface area contributed by atoms with E-state index in [1.165, 1.54) is 11.3 Å². The van der Waals surface area contributed by atoms with Crippen LogP contribution in [-0.2, 0) is 22.5 Å². The summed E-state index contributed by atoms with van der Waals surface area (Å²) in [6, 6.07) is 15.3. The highest BCUT2D eigenvalue weighted by Crippen LogP contribution is 2.31. The number of aromatic nitrogens is 5. The van der Waals surface area contributed by atoms with E-state index in [2.05, 4.69) is 20.5 Å². The number of tetrazole rings is 1. The van der Waals surface area contributed by atoms with Gasteiger partial charge in [0.25, 0.3) is 5.19 Å². The maximum atomic E-state index is 11.5. The van der Waals surface area contributed by atoms with Crippen LogP contribution in [0.1, 0.15) is 19.2 Å². The minimum atomic E-state index is -0.263. The zero-order chi connectivity index (χ0) is 21.5. The highest BCUT2D eigenvalue weighted by Gasteiger charge is 2.10. The number of para-hydroxylation sites is 1. The van der Waals surface area contributed by atoms with E-state index in [1.54, 1.807) is 11.6 Å². The van der Waals surface area contributed by atoms with Crippen LogP contribution in [0.15, 0.2) is 48.5 Å². The number of benzene rings is 2. The van der Waals surface area contributed by atoms with Gasteiger partial charge >= 0.3 is 5.97 Å². The van der Waals surface area contributed by atoms with Crippen LogP contribution < -0.4 is 9.47 Å². The minimum Gasteiger partial charge on any atom is -0.492 e. The first-order valence-electron chi connectivity index (χ1n) is 9.88. The van der Waals surface area contributed by atoms with E-state index in [0.29, 0.717) is 48.7 Å². The summed E-state index contributed by atoms with van der Waals surface area (Å²) < 4.78 is 19.3. The molecule has 0 fully saturated rings. The Kier molecular flexibility index (Phi) is 6.68. The van der Waals surface area contributed by atoms with Crippen molar-refractivity contribution in [2.45, 2.75) is 26.3 Å². The van der Waals surface area contributed by atoms with Gasteiger partial charge in [-0.2, -0.15) is 0 Å². The largest absolute Gasteiger partial charge is 0.492 e. The lowest BCUT2D eigenvalue weighted by molar-refractivity contribution is -0.143. The van der Waals surface area contributed by atoms with Gasteiger partial charge in [-0.05, 0) is 53.7 Å². The summed E-state index contributed by atoms with van der Waals surface area (Å²) >= 11 is 1.50.